The third-order valence-electron chi connectivity index (χ3n) is 3.90. The number of pyridine rings is 1. The number of aromatic nitrogens is 3. The Hall–Kier alpha value is -2.45. The van der Waals surface area contributed by atoms with Crippen molar-refractivity contribution in [3.63, 3.8) is 0 Å². The molecule has 2 aromatic rings. The van der Waals surface area contributed by atoms with Gasteiger partial charge in [-0.1, -0.05) is 19.4 Å². The summed E-state index contributed by atoms with van der Waals surface area (Å²) in [5.41, 5.74) is 1.04. The lowest BCUT2D eigenvalue weighted by Gasteiger charge is -2.12. The molecule has 2 N–H and O–H groups in total. The van der Waals surface area contributed by atoms with Crippen molar-refractivity contribution in [2.45, 2.75) is 33.2 Å². The molecular formula is C20H32N6O2. The second kappa shape index (κ2) is 13.7. The molecule has 0 amide bonds. The lowest BCUT2D eigenvalue weighted by Crippen LogP contribution is -2.39. The maximum Gasteiger partial charge on any atom is 0.191 e. The van der Waals surface area contributed by atoms with E-state index in [1.165, 1.54) is 0 Å². The normalized spacial score (nSPS) is 11.6. The van der Waals surface area contributed by atoms with E-state index in [0.29, 0.717) is 32.9 Å². The second-order valence-corrected chi connectivity index (χ2v) is 6.19. The van der Waals surface area contributed by atoms with E-state index in [9.17, 15) is 0 Å². The summed E-state index contributed by atoms with van der Waals surface area (Å²) in [4.78, 5) is 13.1. The topological polar surface area (TPSA) is 85.6 Å². The predicted molar refractivity (Wildman–Crippen MR) is 111 cm³/mol. The smallest absolute Gasteiger partial charge is 0.191 e. The zero-order chi connectivity index (χ0) is 19.9. The molecule has 0 aliphatic rings. The number of unbranched alkanes of at least 4 members (excludes halogenated alkanes) is 1. The summed E-state index contributed by atoms with van der Waals surface area (Å²) < 4.78 is 12.9. The minimum Gasteiger partial charge on any atom is -0.379 e. The van der Waals surface area contributed by atoms with Crippen molar-refractivity contribution in [1.82, 2.24) is 25.2 Å². The van der Waals surface area contributed by atoms with Gasteiger partial charge in [0.1, 0.15) is 12.1 Å². The highest BCUT2D eigenvalue weighted by atomic mass is 16.5. The third-order valence-corrected chi connectivity index (χ3v) is 3.90. The van der Waals surface area contributed by atoms with Gasteiger partial charge < -0.3 is 20.1 Å². The molecule has 0 radical (unpaired) electrons. The van der Waals surface area contributed by atoms with Crippen LogP contribution in [0.4, 0.5) is 0 Å². The van der Waals surface area contributed by atoms with E-state index in [0.717, 1.165) is 43.3 Å². The average Bonchev–Trinajstić information content (AvgIpc) is 3.26. The minimum absolute atomic E-state index is 0.554. The summed E-state index contributed by atoms with van der Waals surface area (Å²) in [5, 5.41) is 6.51. The molecule has 8 heteroatoms. The summed E-state index contributed by atoms with van der Waals surface area (Å²) in [7, 11) is 0. The van der Waals surface area contributed by atoms with E-state index in [1.807, 2.05) is 36.0 Å². The summed E-state index contributed by atoms with van der Waals surface area (Å²) >= 11 is 0. The van der Waals surface area contributed by atoms with Crippen molar-refractivity contribution in [3.8, 4) is 5.82 Å². The van der Waals surface area contributed by atoms with E-state index >= 15 is 0 Å². The first-order valence-electron chi connectivity index (χ1n) is 9.94. The lowest BCUT2D eigenvalue weighted by atomic mass is 10.3. The van der Waals surface area contributed by atoms with Gasteiger partial charge in [-0.2, -0.15) is 0 Å². The second-order valence-electron chi connectivity index (χ2n) is 6.19. The van der Waals surface area contributed by atoms with E-state index < -0.39 is 0 Å². The van der Waals surface area contributed by atoms with E-state index in [-0.39, 0.29) is 0 Å². The van der Waals surface area contributed by atoms with Crippen LogP contribution in [0.1, 0.15) is 32.3 Å². The highest BCUT2D eigenvalue weighted by molar-refractivity contribution is 5.79. The highest BCUT2D eigenvalue weighted by Crippen LogP contribution is 2.06. The van der Waals surface area contributed by atoms with E-state index in [1.54, 1.807) is 12.5 Å². The predicted octanol–water partition coefficient (Wildman–Crippen LogP) is 2.16. The number of hydrogen-bond acceptors (Lipinski definition) is 5. The van der Waals surface area contributed by atoms with Crippen molar-refractivity contribution in [2.75, 3.05) is 39.5 Å². The molecule has 0 atom stereocenters. The average molecular weight is 389 g/mol. The number of hydrogen-bond donors (Lipinski definition) is 2. The Kier molecular flexibility index (Phi) is 10.7. The standard InChI is InChI=1S/C20H32N6O2/c1-3-5-11-27-13-14-28-12-9-23-20(22-4-2)25-16-18-6-7-19(24-15-18)26-10-8-21-17-26/h6-8,10,15,17H,3-5,9,11-14,16H2,1-2H3,(H2,22,23,25). The van der Waals surface area contributed by atoms with Gasteiger partial charge in [0.15, 0.2) is 5.96 Å². The molecule has 2 rings (SSSR count). The van der Waals surface area contributed by atoms with Gasteiger partial charge in [-0.15, -0.1) is 0 Å². The van der Waals surface area contributed by atoms with Gasteiger partial charge in [0.25, 0.3) is 0 Å². The molecule has 154 valence electrons. The molecule has 0 unspecified atom stereocenters. The maximum atomic E-state index is 5.57. The lowest BCUT2D eigenvalue weighted by molar-refractivity contribution is 0.0487. The molecule has 0 aliphatic heterocycles. The van der Waals surface area contributed by atoms with Crippen LogP contribution in [0.2, 0.25) is 0 Å². The number of ether oxygens (including phenoxy) is 2. The Bertz CT molecular complexity index is 658. The van der Waals surface area contributed by atoms with Gasteiger partial charge in [0.05, 0.1) is 26.4 Å². The van der Waals surface area contributed by atoms with Crippen LogP contribution in [0.15, 0.2) is 42.0 Å². The molecule has 0 bridgehead atoms. The molecule has 28 heavy (non-hydrogen) atoms. The van der Waals surface area contributed by atoms with Crippen molar-refractivity contribution < 1.29 is 9.47 Å². The zero-order valence-electron chi connectivity index (χ0n) is 16.9. The van der Waals surface area contributed by atoms with Crippen LogP contribution < -0.4 is 10.6 Å². The molecule has 0 saturated carbocycles. The number of aliphatic imine (C=N–C) groups is 1. The van der Waals surface area contributed by atoms with Gasteiger partial charge >= 0.3 is 0 Å². The van der Waals surface area contributed by atoms with Gasteiger partial charge in [-0.25, -0.2) is 15.0 Å². The minimum atomic E-state index is 0.554. The Labute approximate surface area is 167 Å². The van der Waals surface area contributed by atoms with Crippen LogP contribution in [0.3, 0.4) is 0 Å². The maximum absolute atomic E-state index is 5.57. The van der Waals surface area contributed by atoms with Crippen molar-refractivity contribution >= 4 is 5.96 Å². The van der Waals surface area contributed by atoms with Crippen LogP contribution >= 0.6 is 0 Å². The number of nitrogens with zero attached hydrogens (tertiary/aromatic N) is 4. The summed E-state index contributed by atoms with van der Waals surface area (Å²) in [6.07, 6.45) is 9.43. The molecule has 0 aliphatic carbocycles. The molecule has 8 nitrogen and oxygen atoms in total. The highest BCUT2D eigenvalue weighted by Gasteiger charge is 2.00. The first-order chi connectivity index (χ1) is 13.8. The fourth-order valence-electron chi connectivity index (χ4n) is 2.38. The molecule has 0 fully saturated rings. The fraction of sp³-hybridized carbons (Fsp3) is 0.550. The molecule has 2 heterocycles. The SMILES string of the molecule is CCCCOCCOCCNC(=NCc1ccc(-n2ccnc2)nc1)NCC. The quantitative estimate of drug-likeness (QED) is 0.311. The molecular weight excluding hydrogens is 356 g/mol. The van der Waals surface area contributed by atoms with Crippen LogP contribution in [0.25, 0.3) is 5.82 Å². The summed E-state index contributed by atoms with van der Waals surface area (Å²) in [6, 6.07) is 3.99. The Morgan fingerprint density at radius 1 is 1.11 bits per heavy atom. The molecule has 0 spiro atoms. The first kappa shape index (κ1) is 21.8. The largest absolute Gasteiger partial charge is 0.379 e. The van der Waals surface area contributed by atoms with Crippen LogP contribution in [0, 0.1) is 0 Å². The Balaban J connectivity index is 1.68. The van der Waals surface area contributed by atoms with E-state index in [4.69, 9.17) is 9.47 Å². The van der Waals surface area contributed by atoms with Gasteiger partial charge in [0.2, 0.25) is 0 Å². The van der Waals surface area contributed by atoms with Gasteiger partial charge in [0, 0.05) is 38.3 Å². The number of rotatable bonds is 13. The number of guanidine groups is 1. The van der Waals surface area contributed by atoms with Crippen LogP contribution in [-0.4, -0.2) is 60.0 Å². The fourth-order valence-corrected chi connectivity index (χ4v) is 2.38. The molecule has 0 saturated heterocycles. The van der Waals surface area contributed by atoms with Gasteiger partial charge in [-0.3, -0.25) is 4.57 Å². The third kappa shape index (κ3) is 8.49. The molecule has 2 aromatic heterocycles. The molecule has 0 aromatic carbocycles. The van der Waals surface area contributed by atoms with Crippen molar-refractivity contribution in [2.24, 2.45) is 4.99 Å². The monoisotopic (exact) mass is 388 g/mol. The first-order valence-corrected chi connectivity index (χ1v) is 9.94. The summed E-state index contributed by atoms with van der Waals surface area (Å²) in [5.74, 6) is 1.61. The Morgan fingerprint density at radius 2 is 1.96 bits per heavy atom. The number of nitrogens with one attached hydrogen (secondary N) is 2. The summed E-state index contributed by atoms with van der Waals surface area (Å²) in [6.45, 7) is 8.94. The van der Waals surface area contributed by atoms with Crippen LogP contribution in [0.5, 0.6) is 0 Å². The van der Waals surface area contributed by atoms with Crippen LogP contribution in [-0.2, 0) is 16.0 Å². The van der Waals surface area contributed by atoms with Gasteiger partial charge in [-0.05, 0) is 25.0 Å². The van der Waals surface area contributed by atoms with Crippen molar-refractivity contribution in [3.05, 3.63) is 42.6 Å². The Morgan fingerprint density at radius 3 is 2.64 bits per heavy atom. The zero-order valence-corrected chi connectivity index (χ0v) is 16.9. The van der Waals surface area contributed by atoms with Crippen molar-refractivity contribution in [1.29, 1.82) is 0 Å². The number of imidazole rings is 1. The van der Waals surface area contributed by atoms with E-state index in [2.05, 4.69) is 32.5 Å².